The fraction of sp³-hybridized carbons (Fsp3) is 0.435. The van der Waals surface area contributed by atoms with Gasteiger partial charge in [-0.05, 0) is 49.4 Å². The molecule has 1 saturated heterocycles. The minimum atomic E-state index is -3.51. The van der Waals surface area contributed by atoms with Gasteiger partial charge in [-0.3, -0.25) is 4.79 Å². The summed E-state index contributed by atoms with van der Waals surface area (Å²) >= 11 is 0. The highest BCUT2D eigenvalue weighted by atomic mass is 32.2. The second kappa shape index (κ2) is 10.1. The zero-order valence-electron chi connectivity index (χ0n) is 17.8. The molecule has 0 aliphatic carbocycles. The maximum atomic E-state index is 12.6. The lowest BCUT2D eigenvalue weighted by molar-refractivity contribution is -0.122. The van der Waals surface area contributed by atoms with Crippen molar-refractivity contribution in [3.63, 3.8) is 0 Å². The maximum absolute atomic E-state index is 12.6. The van der Waals surface area contributed by atoms with Crippen LogP contribution in [0.5, 0.6) is 0 Å². The lowest BCUT2D eigenvalue weighted by atomic mass is 10.1. The highest BCUT2D eigenvalue weighted by Crippen LogP contribution is 2.22. The van der Waals surface area contributed by atoms with Crippen LogP contribution in [-0.2, 0) is 21.4 Å². The number of hydrogen-bond acceptors (Lipinski definition) is 4. The van der Waals surface area contributed by atoms with Gasteiger partial charge in [0, 0.05) is 25.3 Å². The summed E-state index contributed by atoms with van der Waals surface area (Å²) in [7, 11) is -3.51. The zero-order valence-corrected chi connectivity index (χ0v) is 18.6. The monoisotopic (exact) mass is 429 g/mol. The van der Waals surface area contributed by atoms with Crippen molar-refractivity contribution in [3.05, 3.63) is 65.7 Å². The number of hydrogen-bond donors (Lipinski definition) is 1. The Morgan fingerprint density at radius 2 is 1.67 bits per heavy atom. The number of carbonyl (C=O) groups excluding carboxylic acids is 1. The normalized spacial score (nSPS) is 15.8. The third kappa shape index (κ3) is 6.31. The molecule has 1 atom stereocenters. The number of benzene rings is 2. The summed E-state index contributed by atoms with van der Waals surface area (Å²) in [6.45, 7) is 4.06. The Morgan fingerprint density at radius 1 is 1.03 bits per heavy atom. The predicted octanol–water partition coefficient (Wildman–Crippen LogP) is 3.32. The number of carbonyl (C=O) groups is 1. The van der Waals surface area contributed by atoms with Crippen LogP contribution in [0.25, 0.3) is 0 Å². The van der Waals surface area contributed by atoms with Crippen molar-refractivity contribution in [2.75, 3.05) is 30.8 Å². The number of anilines is 1. The molecule has 0 bridgehead atoms. The number of nitrogens with zero attached hydrogens (tertiary/aromatic N) is 2. The number of piperidine rings is 1. The van der Waals surface area contributed by atoms with Crippen LogP contribution in [0.15, 0.2) is 54.6 Å². The van der Waals surface area contributed by atoms with Gasteiger partial charge in [0.2, 0.25) is 15.9 Å². The van der Waals surface area contributed by atoms with E-state index in [0.717, 1.165) is 30.5 Å². The van der Waals surface area contributed by atoms with Gasteiger partial charge in [0.1, 0.15) is 0 Å². The lowest BCUT2D eigenvalue weighted by Crippen LogP contribution is -2.40. The van der Waals surface area contributed by atoms with Gasteiger partial charge in [0.05, 0.1) is 18.8 Å². The van der Waals surface area contributed by atoms with Crippen LogP contribution in [0.1, 0.15) is 43.4 Å². The summed E-state index contributed by atoms with van der Waals surface area (Å²) in [5, 5.41) is 2.92. The number of rotatable bonds is 8. The SMILES string of the molecule is C[C@H](NC(=O)CN(Cc1ccccc1)S(C)(=O)=O)c1ccc(N2CCCCC2)cc1. The van der Waals surface area contributed by atoms with Crippen molar-refractivity contribution in [1.82, 2.24) is 9.62 Å². The molecule has 162 valence electrons. The van der Waals surface area contributed by atoms with Crippen LogP contribution in [0.4, 0.5) is 5.69 Å². The van der Waals surface area contributed by atoms with Gasteiger partial charge >= 0.3 is 0 Å². The largest absolute Gasteiger partial charge is 0.372 e. The highest BCUT2D eigenvalue weighted by molar-refractivity contribution is 7.88. The molecular formula is C23H31N3O3S. The van der Waals surface area contributed by atoms with E-state index in [1.54, 1.807) is 0 Å². The fourth-order valence-corrected chi connectivity index (χ4v) is 4.47. The van der Waals surface area contributed by atoms with Gasteiger partial charge in [-0.1, -0.05) is 42.5 Å². The quantitative estimate of drug-likeness (QED) is 0.699. The van der Waals surface area contributed by atoms with Gasteiger partial charge in [-0.2, -0.15) is 4.31 Å². The molecule has 0 aromatic heterocycles. The molecule has 6 nitrogen and oxygen atoms in total. The summed E-state index contributed by atoms with van der Waals surface area (Å²) in [4.78, 5) is 15.0. The van der Waals surface area contributed by atoms with E-state index in [-0.39, 0.29) is 25.0 Å². The molecule has 0 radical (unpaired) electrons. The van der Waals surface area contributed by atoms with Gasteiger partial charge in [0.25, 0.3) is 0 Å². The molecule has 2 aromatic carbocycles. The van der Waals surface area contributed by atoms with Crippen molar-refractivity contribution in [2.24, 2.45) is 0 Å². The van der Waals surface area contributed by atoms with Crippen LogP contribution < -0.4 is 10.2 Å². The maximum Gasteiger partial charge on any atom is 0.235 e. The van der Waals surface area contributed by atoms with Crippen LogP contribution >= 0.6 is 0 Å². The van der Waals surface area contributed by atoms with E-state index >= 15 is 0 Å². The highest BCUT2D eigenvalue weighted by Gasteiger charge is 2.21. The third-order valence-corrected chi connectivity index (χ3v) is 6.68. The summed E-state index contributed by atoms with van der Waals surface area (Å²) in [5.74, 6) is -0.316. The number of sulfonamides is 1. The van der Waals surface area contributed by atoms with E-state index in [4.69, 9.17) is 0 Å². The van der Waals surface area contributed by atoms with Crippen LogP contribution in [-0.4, -0.2) is 44.5 Å². The molecule has 7 heteroatoms. The first kappa shape index (κ1) is 22.3. The minimum absolute atomic E-state index is 0.173. The van der Waals surface area contributed by atoms with E-state index in [9.17, 15) is 13.2 Å². The molecule has 2 aromatic rings. The molecule has 1 aliphatic heterocycles. The van der Waals surface area contributed by atoms with E-state index < -0.39 is 10.0 Å². The molecule has 3 rings (SSSR count). The summed E-state index contributed by atoms with van der Waals surface area (Å²) in [6.07, 6.45) is 4.89. The Labute approximate surface area is 179 Å². The summed E-state index contributed by atoms with van der Waals surface area (Å²) < 4.78 is 25.5. The Kier molecular flexibility index (Phi) is 7.50. The average molecular weight is 430 g/mol. The van der Waals surface area contributed by atoms with Crippen LogP contribution in [0, 0.1) is 0 Å². The predicted molar refractivity (Wildman–Crippen MR) is 121 cm³/mol. The fourth-order valence-electron chi connectivity index (χ4n) is 3.73. The zero-order chi connectivity index (χ0) is 21.6. The van der Waals surface area contributed by atoms with Crippen molar-refractivity contribution >= 4 is 21.6 Å². The second-order valence-electron chi connectivity index (χ2n) is 7.95. The van der Waals surface area contributed by atoms with Gasteiger partial charge in [-0.25, -0.2) is 8.42 Å². The molecule has 1 amide bonds. The molecule has 1 heterocycles. The Bertz CT molecular complexity index is 924. The Hall–Kier alpha value is -2.38. The molecule has 0 unspecified atom stereocenters. The Balaban J connectivity index is 1.59. The third-order valence-electron chi connectivity index (χ3n) is 5.48. The molecule has 1 fully saturated rings. The van der Waals surface area contributed by atoms with E-state index in [2.05, 4.69) is 22.3 Å². The average Bonchev–Trinajstić information content (AvgIpc) is 2.74. The van der Waals surface area contributed by atoms with Gasteiger partial charge in [-0.15, -0.1) is 0 Å². The first-order chi connectivity index (χ1) is 14.3. The molecular weight excluding hydrogens is 398 g/mol. The molecule has 0 spiro atoms. The lowest BCUT2D eigenvalue weighted by Gasteiger charge is -2.29. The summed E-state index contributed by atoms with van der Waals surface area (Å²) in [6, 6.07) is 17.3. The second-order valence-corrected chi connectivity index (χ2v) is 9.93. The van der Waals surface area contributed by atoms with Gasteiger partial charge in [0.15, 0.2) is 0 Å². The molecule has 0 saturated carbocycles. The smallest absolute Gasteiger partial charge is 0.235 e. The standard InChI is InChI=1S/C23H31N3O3S/c1-19(21-11-13-22(14-12-21)25-15-7-4-8-16-25)24-23(27)18-26(30(2,28)29)17-20-9-5-3-6-10-20/h3,5-6,9-14,19H,4,7-8,15-18H2,1-2H3,(H,24,27)/t19-/m0/s1. The van der Waals surface area contributed by atoms with Crippen molar-refractivity contribution in [1.29, 1.82) is 0 Å². The summed E-state index contributed by atoms with van der Waals surface area (Å²) in [5.41, 5.74) is 3.05. The number of amides is 1. The molecule has 1 N–H and O–H groups in total. The van der Waals surface area contributed by atoms with Crippen LogP contribution in [0.3, 0.4) is 0 Å². The van der Waals surface area contributed by atoms with Crippen molar-refractivity contribution in [3.8, 4) is 0 Å². The topological polar surface area (TPSA) is 69.7 Å². The van der Waals surface area contributed by atoms with Gasteiger partial charge < -0.3 is 10.2 Å². The van der Waals surface area contributed by atoms with Crippen LogP contribution in [0.2, 0.25) is 0 Å². The van der Waals surface area contributed by atoms with E-state index in [1.807, 2.05) is 49.4 Å². The van der Waals surface area contributed by atoms with E-state index in [0.29, 0.717) is 0 Å². The molecule has 30 heavy (non-hydrogen) atoms. The molecule has 1 aliphatic rings. The van der Waals surface area contributed by atoms with Crippen molar-refractivity contribution < 1.29 is 13.2 Å². The minimum Gasteiger partial charge on any atom is -0.372 e. The number of nitrogens with one attached hydrogen (secondary N) is 1. The Morgan fingerprint density at radius 3 is 2.27 bits per heavy atom. The first-order valence-electron chi connectivity index (χ1n) is 10.5. The van der Waals surface area contributed by atoms with E-state index in [1.165, 1.54) is 29.3 Å². The van der Waals surface area contributed by atoms with Crippen molar-refractivity contribution in [2.45, 2.75) is 38.8 Å². The first-order valence-corrected chi connectivity index (χ1v) is 12.3.